The van der Waals surface area contributed by atoms with E-state index in [9.17, 15) is 4.79 Å². The lowest BCUT2D eigenvalue weighted by atomic mass is 10.1. The van der Waals surface area contributed by atoms with Gasteiger partial charge in [0.1, 0.15) is 0 Å². The fourth-order valence-corrected chi connectivity index (χ4v) is 2.39. The molecule has 1 atom stereocenters. The van der Waals surface area contributed by atoms with Crippen molar-refractivity contribution in [3.05, 3.63) is 42.5 Å². The third-order valence-electron chi connectivity index (χ3n) is 3.50. The second-order valence-corrected chi connectivity index (χ2v) is 5.13. The minimum atomic E-state index is -0.161. The Bertz CT molecular complexity index is 591. The van der Waals surface area contributed by atoms with Crippen LogP contribution in [0.2, 0.25) is 0 Å². The predicted molar refractivity (Wildman–Crippen MR) is 78.0 cm³/mol. The van der Waals surface area contributed by atoms with E-state index in [1.165, 1.54) is 6.42 Å². The van der Waals surface area contributed by atoms with Crippen LogP contribution in [0.15, 0.2) is 36.9 Å². The van der Waals surface area contributed by atoms with Crippen molar-refractivity contribution in [2.24, 2.45) is 0 Å². The Hall–Kier alpha value is -2.21. The molecule has 1 unspecified atom stereocenters. The van der Waals surface area contributed by atoms with E-state index in [0.29, 0.717) is 11.3 Å². The normalized spacial score (nSPS) is 18.4. The predicted octanol–water partition coefficient (Wildman–Crippen LogP) is 2.10. The summed E-state index contributed by atoms with van der Waals surface area (Å²) in [5.41, 5.74) is 1.26. The van der Waals surface area contributed by atoms with Gasteiger partial charge < -0.3 is 10.1 Å². The number of pyridine rings is 1. The van der Waals surface area contributed by atoms with E-state index in [-0.39, 0.29) is 12.0 Å². The fraction of sp³-hybridized carbons (Fsp3) is 0.400. The molecule has 6 heteroatoms. The zero-order chi connectivity index (χ0) is 14.5. The smallest absolute Gasteiger partial charge is 0.255 e. The first kappa shape index (κ1) is 13.8. The monoisotopic (exact) mass is 286 g/mol. The first-order chi connectivity index (χ1) is 10.3. The van der Waals surface area contributed by atoms with Gasteiger partial charge >= 0.3 is 0 Å². The van der Waals surface area contributed by atoms with Gasteiger partial charge in [0, 0.05) is 30.8 Å². The van der Waals surface area contributed by atoms with E-state index in [1.54, 1.807) is 30.7 Å². The topological polar surface area (TPSA) is 69.0 Å². The van der Waals surface area contributed by atoms with Crippen LogP contribution in [-0.2, 0) is 11.3 Å². The van der Waals surface area contributed by atoms with Crippen LogP contribution in [0.1, 0.15) is 29.6 Å². The summed E-state index contributed by atoms with van der Waals surface area (Å²) in [5.74, 6) is -0.161. The van der Waals surface area contributed by atoms with Crippen LogP contribution in [-0.4, -0.2) is 33.4 Å². The molecule has 3 rings (SSSR count). The minimum Gasteiger partial charge on any atom is -0.376 e. The van der Waals surface area contributed by atoms with Crippen molar-refractivity contribution in [3.63, 3.8) is 0 Å². The molecule has 3 heterocycles. The number of nitrogens with one attached hydrogen (secondary N) is 1. The molecule has 6 nitrogen and oxygen atoms in total. The third kappa shape index (κ3) is 3.66. The highest BCUT2D eigenvalue weighted by atomic mass is 16.5. The van der Waals surface area contributed by atoms with E-state index in [4.69, 9.17) is 4.74 Å². The van der Waals surface area contributed by atoms with Gasteiger partial charge in [0.25, 0.3) is 5.91 Å². The molecule has 0 aromatic carbocycles. The van der Waals surface area contributed by atoms with Crippen LogP contribution in [0.25, 0.3) is 0 Å². The Balaban J connectivity index is 1.58. The highest BCUT2D eigenvalue weighted by Crippen LogP contribution is 2.15. The number of amides is 1. The average molecular weight is 286 g/mol. The number of nitrogens with zero attached hydrogens (tertiary/aromatic N) is 3. The molecule has 0 radical (unpaired) electrons. The van der Waals surface area contributed by atoms with E-state index in [1.807, 2.05) is 10.9 Å². The summed E-state index contributed by atoms with van der Waals surface area (Å²) < 4.78 is 7.50. The Labute approximate surface area is 123 Å². The number of carbonyl (C=O) groups is 1. The number of hydrogen-bond donors (Lipinski definition) is 1. The number of hydrogen-bond acceptors (Lipinski definition) is 4. The molecule has 0 aliphatic carbocycles. The van der Waals surface area contributed by atoms with Gasteiger partial charge in [0.2, 0.25) is 0 Å². The fourth-order valence-electron chi connectivity index (χ4n) is 2.39. The number of rotatable bonds is 4. The Morgan fingerprint density at radius 3 is 3.00 bits per heavy atom. The Morgan fingerprint density at radius 1 is 1.38 bits per heavy atom. The summed E-state index contributed by atoms with van der Waals surface area (Å²) in [7, 11) is 0. The van der Waals surface area contributed by atoms with Gasteiger partial charge in [0.05, 0.1) is 24.5 Å². The third-order valence-corrected chi connectivity index (χ3v) is 3.50. The van der Waals surface area contributed by atoms with Crippen LogP contribution in [0.4, 0.5) is 5.69 Å². The van der Waals surface area contributed by atoms with E-state index >= 15 is 0 Å². The van der Waals surface area contributed by atoms with Crippen molar-refractivity contribution in [1.29, 1.82) is 0 Å². The minimum absolute atomic E-state index is 0.161. The van der Waals surface area contributed by atoms with Crippen LogP contribution in [0.5, 0.6) is 0 Å². The summed E-state index contributed by atoms with van der Waals surface area (Å²) in [4.78, 5) is 15.9. The van der Waals surface area contributed by atoms with Gasteiger partial charge in [-0.2, -0.15) is 5.10 Å². The Morgan fingerprint density at radius 2 is 2.24 bits per heavy atom. The van der Waals surface area contributed by atoms with Crippen molar-refractivity contribution in [1.82, 2.24) is 14.8 Å². The van der Waals surface area contributed by atoms with Crippen LogP contribution < -0.4 is 5.32 Å². The molecule has 0 saturated carbocycles. The maximum Gasteiger partial charge on any atom is 0.255 e. The second kappa shape index (κ2) is 6.49. The molecule has 21 heavy (non-hydrogen) atoms. The lowest BCUT2D eigenvalue weighted by Crippen LogP contribution is -2.24. The van der Waals surface area contributed by atoms with E-state index in [0.717, 1.165) is 26.0 Å². The van der Waals surface area contributed by atoms with Crippen molar-refractivity contribution in [3.8, 4) is 0 Å². The molecule has 110 valence electrons. The summed E-state index contributed by atoms with van der Waals surface area (Å²) >= 11 is 0. The summed E-state index contributed by atoms with van der Waals surface area (Å²) in [5, 5.41) is 7.09. The molecule has 1 fully saturated rings. The number of anilines is 1. The maximum absolute atomic E-state index is 12.0. The van der Waals surface area contributed by atoms with Crippen LogP contribution in [0, 0.1) is 0 Å². The molecule has 2 aromatic rings. The van der Waals surface area contributed by atoms with E-state index < -0.39 is 0 Å². The van der Waals surface area contributed by atoms with Crippen molar-refractivity contribution in [2.45, 2.75) is 31.9 Å². The summed E-state index contributed by atoms with van der Waals surface area (Å²) in [6, 6.07) is 3.35. The largest absolute Gasteiger partial charge is 0.376 e. The first-order valence-electron chi connectivity index (χ1n) is 7.17. The second-order valence-electron chi connectivity index (χ2n) is 5.13. The van der Waals surface area contributed by atoms with Crippen molar-refractivity contribution < 1.29 is 9.53 Å². The zero-order valence-corrected chi connectivity index (χ0v) is 11.7. The highest BCUT2D eigenvalue weighted by molar-refractivity contribution is 6.03. The van der Waals surface area contributed by atoms with Crippen LogP contribution in [0.3, 0.4) is 0 Å². The number of carbonyl (C=O) groups excluding carboxylic acids is 1. The summed E-state index contributed by atoms with van der Waals surface area (Å²) in [6.45, 7) is 1.56. The maximum atomic E-state index is 12.0. The molecule has 2 aromatic heterocycles. The molecule has 1 aliphatic rings. The van der Waals surface area contributed by atoms with Gasteiger partial charge in [-0.3, -0.25) is 14.5 Å². The molecule has 1 N–H and O–H groups in total. The molecular formula is C15H18N4O2. The van der Waals surface area contributed by atoms with Gasteiger partial charge in [-0.15, -0.1) is 0 Å². The molecule has 0 bridgehead atoms. The van der Waals surface area contributed by atoms with Gasteiger partial charge in [0.15, 0.2) is 0 Å². The molecular weight excluding hydrogens is 268 g/mol. The van der Waals surface area contributed by atoms with Gasteiger partial charge in [-0.25, -0.2) is 0 Å². The number of aromatic nitrogens is 3. The van der Waals surface area contributed by atoms with Crippen molar-refractivity contribution >= 4 is 11.6 Å². The molecule has 1 aliphatic heterocycles. The lowest BCUT2D eigenvalue weighted by molar-refractivity contribution is 0.00401. The standard InChI is InChI=1S/C15H18N4O2/c20-15(12-4-6-16-7-5-12)18-13-9-17-19(10-13)11-14-3-1-2-8-21-14/h4-7,9-10,14H,1-3,8,11H2,(H,18,20). The summed E-state index contributed by atoms with van der Waals surface area (Å²) in [6.07, 6.45) is 10.3. The highest BCUT2D eigenvalue weighted by Gasteiger charge is 2.15. The molecule has 0 spiro atoms. The molecule has 1 amide bonds. The SMILES string of the molecule is O=C(Nc1cnn(CC2CCCCO2)c1)c1ccncc1. The van der Waals surface area contributed by atoms with E-state index in [2.05, 4.69) is 15.4 Å². The first-order valence-corrected chi connectivity index (χ1v) is 7.17. The quantitative estimate of drug-likeness (QED) is 0.934. The van der Waals surface area contributed by atoms with Crippen LogP contribution >= 0.6 is 0 Å². The lowest BCUT2D eigenvalue weighted by Gasteiger charge is -2.22. The Kier molecular flexibility index (Phi) is 4.25. The van der Waals surface area contributed by atoms with Gasteiger partial charge in [-0.1, -0.05) is 0 Å². The molecule has 1 saturated heterocycles. The van der Waals surface area contributed by atoms with Crippen molar-refractivity contribution in [2.75, 3.05) is 11.9 Å². The van der Waals surface area contributed by atoms with Gasteiger partial charge in [-0.05, 0) is 31.4 Å². The number of ether oxygens (including phenoxy) is 1. The average Bonchev–Trinajstić information content (AvgIpc) is 2.96. The zero-order valence-electron chi connectivity index (χ0n) is 11.7.